The first-order valence-corrected chi connectivity index (χ1v) is 6.68. The van der Waals surface area contributed by atoms with E-state index in [1.807, 2.05) is 6.92 Å². The van der Waals surface area contributed by atoms with Gasteiger partial charge in [-0.05, 0) is 25.1 Å². The number of halogens is 2. The third-order valence-corrected chi connectivity index (χ3v) is 2.86. The lowest BCUT2D eigenvalue weighted by atomic mass is 10.3. The van der Waals surface area contributed by atoms with Crippen LogP contribution in [0, 0.1) is 15.9 Å². The minimum atomic E-state index is -0.693. The Hall–Kier alpha value is -2.29. The van der Waals surface area contributed by atoms with Crippen LogP contribution in [0.25, 0.3) is 0 Å². The standard InChI is InChI=1S/C12H10BrFN4O3/c1-2-15-12-16-6-9(18(19)20)11(17-12)21-10-4-3-7(13)5-8(10)14/h3-6H,2H2,1H3,(H,15,16,17). The summed E-state index contributed by atoms with van der Waals surface area (Å²) in [6, 6.07) is 4.09. The van der Waals surface area contributed by atoms with Gasteiger partial charge in [-0.2, -0.15) is 4.98 Å². The highest BCUT2D eigenvalue weighted by atomic mass is 79.9. The second-order valence-electron chi connectivity index (χ2n) is 3.85. The van der Waals surface area contributed by atoms with Gasteiger partial charge in [0.2, 0.25) is 5.95 Å². The number of nitrogens with zero attached hydrogens (tertiary/aromatic N) is 3. The summed E-state index contributed by atoms with van der Waals surface area (Å²) in [6.45, 7) is 2.35. The molecule has 110 valence electrons. The lowest BCUT2D eigenvalue weighted by molar-refractivity contribution is -0.386. The molecule has 0 aliphatic rings. The van der Waals surface area contributed by atoms with E-state index in [0.717, 1.165) is 6.20 Å². The Morgan fingerprint density at radius 1 is 1.52 bits per heavy atom. The van der Waals surface area contributed by atoms with Crippen LogP contribution in [0.3, 0.4) is 0 Å². The smallest absolute Gasteiger partial charge is 0.349 e. The minimum absolute atomic E-state index is 0.163. The van der Waals surface area contributed by atoms with Crippen LogP contribution in [0.4, 0.5) is 16.0 Å². The molecular weight excluding hydrogens is 347 g/mol. The van der Waals surface area contributed by atoms with Crippen molar-refractivity contribution in [3.63, 3.8) is 0 Å². The van der Waals surface area contributed by atoms with Crippen molar-refractivity contribution in [1.82, 2.24) is 9.97 Å². The molecule has 0 amide bonds. The van der Waals surface area contributed by atoms with Gasteiger partial charge < -0.3 is 10.1 Å². The van der Waals surface area contributed by atoms with E-state index < -0.39 is 16.4 Å². The molecule has 1 aromatic carbocycles. The Balaban J connectivity index is 2.40. The van der Waals surface area contributed by atoms with E-state index in [9.17, 15) is 14.5 Å². The predicted molar refractivity (Wildman–Crippen MR) is 77.0 cm³/mol. The van der Waals surface area contributed by atoms with Crippen LogP contribution in [0.2, 0.25) is 0 Å². The molecule has 1 heterocycles. The van der Waals surface area contributed by atoms with Gasteiger partial charge in [-0.15, -0.1) is 0 Å². The number of nitrogens with one attached hydrogen (secondary N) is 1. The lowest BCUT2D eigenvalue weighted by Gasteiger charge is -2.08. The molecule has 0 aliphatic carbocycles. The quantitative estimate of drug-likeness (QED) is 0.651. The number of anilines is 1. The number of hydrogen-bond acceptors (Lipinski definition) is 6. The van der Waals surface area contributed by atoms with E-state index in [1.165, 1.54) is 12.1 Å². The maximum Gasteiger partial charge on any atom is 0.349 e. The van der Waals surface area contributed by atoms with Gasteiger partial charge >= 0.3 is 11.6 Å². The zero-order valence-electron chi connectivity index (χ0n) is 10.8. The first kappa shape index (κ1) is 15.1. The van der Waals surface area contributed by atoms with E-state index in [0.29, 0.717) is 11.0 Å². The fourth-order valence-electron chi connectivity index (χ4n) is 1.47. The van der Waals surface area contributed by atoms with Crippen LogP contribution in [0.5, 0.6) is 11.6 Å². The SMILES string of the molecule is CCNc1ncc([N+](=O)[O-])c(Oc2ccc(Br)cc2F)n1. The van der Waals surface area contributed by atoms with Crippen molar-refractivity contribution in [2.75, 3.05) is 11.9 Å². The summed E-state index contributed by atoms with van der Waals surface area (Å²) in [5.74, 6) is -0.993. The van der Waals surface area contributed by atoms with Gasteiger partial charge in [-0.3, -0.25) is 10.1 Å². The number of aromatic nitrogens is 2. The van der Waals surface area contributed by atoms with Crippen molar-refractivity contribution in [2.45, 2.75) is 6.92 Å². The molecule has 0 spiro atoms. The summed E-state index contributed by atoms with van der Waals surface area (Å²) in [6.07, 6.45) is 1.01. The fourth-order valence-corrected chi connectivity index (χ4v) is 1.80. The highest BCUT2D eigenvalue weighted by molar-refractivity contribution is 9.10. The molecule has 1 aromatic heterocycles. The molecule has 0 fully saturated rings. The van der Waals surface area contributed by atoms with Crippen LogP contribution < -0.4 is 10.1 Å². The zero-order valence-corrected chi connectivity index (χ0v) is 12.4. The largest absolute Gasteiger partial charge is 0.430 e. The number of hydrogen-bond donors (Lipinski definition) is 1. The van der Waals surface area contributed by atoms with E-state index in [4.69, 9.17) is 4.74 Å². The Bertz CT molecular complexity index is 684. The van der Waals surface area contributed by atoms with Gasteiger partial charge in [0, 0.05) is 11.0 Å². The maximum absolute atomic E-state index is 13.7. The van der Waals surface area contributed by atoms with Crippen molar-refractivity contribution >= 4 is 27.6 Å². The third kappa shape index (κ3) is 3.63. The Kier molecular flexibility index (Phi) is 4.63. The third-order valence-electron chi connectivity index (χ3n) is 2.37. The van der Waals surface area contributed by atoms with Crippen molar-refractivity contribution in [3.05, 3.63) is 44.8 Å². The normalized spacial score (nSPS) is 10.2. The monoisotopic (exact) mass is 356 g/mol. The maximum atomic E-state index is 13.7. The molecule has 1 N–H and O–H groups in total. The van der Waals surface area contributed by atoms with Gasteiger partial charge in [0.15, 0.2) is 11.6 Å². The van der Waals surface area contributed by atoms with Gasteiger partial charge in [0.05, 0.1) is 4.92 Å². The van der Waals surface area contributed by atoms with E-state index in [1.54, 1.807) is 6.07 Å². The molecular formula is C12H10BrFN4O3. The molecule has 0 radical (unpaired) electrons. The molecule has 2 aromatic rings. The first-order valence-electron chi connectivity index (χ1n) is 5.89. The van der Waals surface area contributed by atoms with Gasteiger partial charge in [0.1, 0.15) is 6.20 Å². The lowest BCUT2D eigenvalue weighted by Crippen LogP contribution is -2.05. The van der Waals surface area contributed by atoms with Crippen molar-refractivity contribution in [3.8, 4) is 11.6 Å². The second-order valence-corrected chi connectivity index (χ2v) is 4.76. The first-order chi connectivity index (χ1) is 10.0. The van der Waals surface area contributed by atoms with Crippen LogP contribution in [-0.4, -0.2) is 21.4 Å². The predicted octanol–water partition coefficient (Wildman–Crippen LogP) is 3.51. The highest BCUT2D eigenvalue weighted by Crippen LogP contribution is 2.31. The minimum Gasteiger partial charge on any atom is -0.430 e. The van der Waals surface area contributed by atoms with Gasteiger partial charge in [0.25, 0.3) is 0 Å². The van der Waals surface area contributed by atoms with Crippen LogP contribution in [0.15, 0.2) is 28.9 Å². The van der Waals surface area contributed by atoms with E-state index >= 15 is 0 Å². The molecule has 0 unspecified atom stereocenters. The highest BCUT2D eigenvalue weighted by Gasteiger charge is 2.20. The zero-order chi connectivity index (χ0) is 15.4. The summed E-state index contributed by atoms with van der Waals surface area (Å²) >= 11 is 3.11. The summed E-state index contributed by atoms with van der Waals surface area (Å²) in [7, 11) is 0. The van der Waals surface area contributed by atoms with E-state index in [-0.39, 0.29) is 17.6 Å². The van der Waals surface area contributed by atoms with E-state index in [2.05, 4.69) is 31.2 Å². The van der Waals surface area contributed by atoms with Crippen LogP contribution in [0.1, 0.15) is 6.92 Å². The number of ether oxygens (including phenoxy) is 1. The summed E-state index contributed by atoms with van der Waals surface area (Å²) in [5.41, 5.74) is -0.445. The average molecular weight is 357 g/mol. The molecule has 7 nitrogen and oxygen atoms in total. The second kappa shape index (κ2) is 6.44. The Morgan fingerprint density at radius 2 is 2.29 bits per heavy atom. The topological polar surface area (TPSA) is 90.2 Å². The molecule has 0 saturated carbocycles. The molecule has 9 heteroatoms. The molecule has 2 rings (SSSR count). The Labute approximate surface area is 127 Å². The van der Waals surface area contributed by atoms with Gasteiger partial charge in [-0.1, -0.05) is 15.9 Å². The van der Waals surface area contributed by atoms with Gasteiger partial charge in [-0.25, -0.2) is 9.37 Å². The molecule has 21 heavy (non-hydrogen) atoms. The summed E-state index contributed by atoms with van der Waals surface area (Å²) in [4.78, 5) is 17.9. The van der Waals surface area contributed by atoms with Crippen LogP contribution in [-0.2, 0) is 0 Å². The van der Waals surface area contributed by atoms with Crippen LogP contribution >= 0.6 is 15.9 Å². The number of rotatable bonds is 5. The number of nitro groups is 1. The van der Waals surface area contributed by atoms with Crippen molar-refractivity contribution in [1.29, 1.82) is 0 Å². The van der Waals surface area contributed by atoms with Crippen molar-refractivity contribution in [2.24, 2.45) is 0 Å². The van der Waals surface area contributed by atoms with Crippen molar-refractivity contribution < 1.29 is 14.1 Å². The molecule has 0 bridgehead atoms. The molecule has 0 aliphatic heterocycles. The summed E-state index contributed by atoms with van der Waals surface area (Å²) < 4.78 is 19.5. The number of benzene rings is 1. The fraction of sp³-hybridized carbons (Fsp3) is 0.167. The average Bonchev–Trinajstić information content (AvgIpc) is 2.42. The summed E-state index contributed by atoms with van der Waals surface area (Å²) in [5, 5.41) is 13.7. The Morgan fingerprint density at radius 3 is 2.90 bits per heavy atom. The molecule has 0 atom stereocenters. The molecule has 0 saturated heterocycles.